The Labute approximate surface area is 111 Å². The van der Waals surface area contributed by atoms with Gasteiger partial charge in [-0.2, -0.15) is 0 Å². The van der Waals surface area contributed by atoms with Gasteiger partial charge >= 0.3 is 0 Å². The maximum absolute atomic E-state index is 5.86. The first kappa shape index (κ1) is 14.6. The number of benzene rings is 1. The van der Waals surface area contributed by atoms with Gasteiger partial charge in [-0.15, -0.1) is 0 Å². The lowest BCUT2D eigenvalue weighted by atomic mass is 10.1. The second kappa shape index (κ2) is 7.75. The molecule has 0 aromatic heterocycles. The Hall–Kier alpha value is -1.51. The number of nitrogens with one attached hydrogen (secondary N) is 1. The minimum absolute atomic E-state index is 0.511. The summed E-state index contributed by atoms with van der Waals surface area (Å²) in [5, 5.41) is 3.14. The van der Waals surface area contributed by atoms with Crippen molar-refractivity contribution in [1.82, 2.24) is 0 Å². The first-order valence-corrected chi connectivity index (χ1v) is 6.77. The molecule has 1 rings (SSSR count). The summed E-state index contributed by atoms with van der Waals surface area (Å²) in [5.41, 5.74) is 9.34. The molecule has 1 aromatic carbocycles. The van der Waals surface area contributed by atoms with Crippen LogP contribution in [0.5, 0.6) is 0 Å². The molecular formula is C15H25N3. The molecule has 3 nitrogen and oxygen atoms in total. The first-order valence-electron chi connectivity index (χ1n) is 6.77. The molecule has 3 N–H and O–H groups in total. The zero-order valence-corrected chi connectivity index (χ0v) is 11.8. The number of nitrogens with zero attached hydrogens (tertiary/aromatic N) is 1. The van der Waals surface area contributed by atoms with Crippen molar-refractivity contribution in [3.63, 3.8) is 0 Å². The van der Waals surface area contributed by atoms with Crippen LogP contribution in [0.1, 0.15) is 43.7 Å². The largest absolute Gasteiger partial charge is 0.370 e. The van der Waals surface area contributed by atoms with Gasteiger partial charge in [0, 0.05) is 12.2 Å². The van der Waals surface area contributed by atoms with Crippen LogP contribution >= 0.6 is 0 Å². The van der Waals surface area contributed by atoms with E-state index in [-0.39, 0.29) is 0 Å². The minimum Gasteiger partial charge on any atom is -0.370 e. The maximum Gasteiger partial charge on any atom is 0.193 e. The van der Waals surface area contributed by atoms with Crippen molar-refractivity contribution in [1.29, 1.82) is 0 Å². The van der Waals surface area contributed by atoms with Gasteiger partial charge in [-0.25, -0.2) is 0 Å². The quantitative estimate of drug-likeness (QED) is 0.458. The Bertz CT molecular complexity index is 376. The van der Waals surface area contributed by atoms with Crippen LogP contribution in [0.4, 0.5) is 5.69 Å². The Kier molecular flexibility index (Phi) is 6.26. The molecule has 0 unspecified atom stereocenters. The van der Waals surface area contributed by atoms with Gasteiger partial charge in [-0.1, -0.05) is 32.3 Å². The van der Waals surface area contributed by atoms with E-state index in [1.54, 1.807) is 0 Å². The topological polar surface area (TPSA) is 50.4 Å². The second-order valence-electron chi connectivity index (χ2n) is 4.83. The van der Waals surface area contributed by atoms with E-state index in [2.05, 4.69) is 49.3 Å². The Morgan fingerprint density at radius 3 is 2.39 bits per heavy atom. The van der Waals surface area contributed by atoms with Crippen LogP contribution in [-0.2, 0) is 0 Å². The van der Waals surface area contributed by atoms with Crippen LogP contribution in [0.15, 0.2) is 23.2 Å². The summed E-state index contributed by atoms with van der Waals surface area (Å²) >= 11 is 0. The summed E-state index contributed by atoms with van der Waals surface area (Å²) in [6, 6.07) is 6.29. The van der Waals surface area contributed by atoms with Crippen LogP contribution in [0.3, 0.4) is 0 Å². The molecule has 100 valence electrons. The molecule has 0 saturated carbocycles. The summed E-state index contributed by atoms with van der Waals surface area (Å²) in [6.07, 6.45) is 4.87. The third-order valence-electron chi connectivity index (χ3n) is 2.79. The van der Waals surface area contributed by atoms with E-state index in [9.17, 15) is 0 Å². The van der Waals surface area contributed by atoms with Gasteiger partial charge in [0.15, 0.2) is 5.96 Å². The molecule has 3 heteroatoms. The van der Waals surface area contributed by atoms with Gasteiger partial charge in [-0.3, -0.25) is 4.99 Å². The molecule has 0 bridgehead atoms. The summed E-state index contributed by atoms with van der Waals surface area (Å²) in [6.45, 7) is 7.18. The zero-order valence-electron chi connectivity index (χ0n) is 11.8. The molecule has 0 aliphatic carbocycles. The van der Waals surface area contributed by atoms with Gasteiger partial charge in [0.05, 0.1) is 0 Å². The third kappa shape index (κ3) is 5.71. The smallest absolute Gasteiger partial charge is 0.193 e. The van der Waals surface area contributed by atoms with Crippen LogP contribution in [-0.4, -0.2) is 12.5 Å². The van der Waals surface area contributed by atoms with E-state index in [4.69, 9.17) is 5.73 Å². The number of unbranched alkanes of at least 4 members (excludes halogenated alkanes) is 3. The average Bonchev–Trinajstić information content (AvgIpc) is 2.27. The number of rotatable bonds is 6. The molecule has 0 fully saturated rings. The van der Waals surface area contributed by atoms with Crippen LogP contribution < -0.4 is 11.1 Å². The highest BCUT2D eigenvalue weighted by Crippen LogP contribution is 2.13. The van der Waals surface area contributed by atoms with E-state index in [0.29, 0.717) is 5.96 Å². The molecule has 0 atom stereocenters. The molecule has 0 amide bonds. The lowest BCUT2D eigenvalue weighted by Crippen LogP contribution is -2.23. The van der Waals surface area contributed by atoms with Crippen molar-refractivity contribution in [3.05, 3.63) is 29.3 Å². The summed E-state index contributed by atoms with van der Waals surface area (Å²) in [5.74, 6) is 0.511. The minimum atomic E-state index is 0.511. The van der Waals surface area contributed by atoms with Crippen molar-refractivity contribution in [2.45, 2.75) is 46.5 Å². The van der Waals surface area contributed by atoms with Crippen molar-refractivity contribution in [2.75, 3.05) is 11.9 Å². The number of aryl methyl sites for hydroxylation is 2. The Morgan fingerprint density at radius 2 is 1.78 bits per heavy atom. The van der Waals surface area contributed by atoms with Gasteiger partial charge in [0.25, 0.3) is 0 Å². The number of aliphatic imine (C=N–C) groups is 1. The highest BCUT2D eigenvalue weighted by Gasteiger charge is 1.97. The number of nitrogens with two attached hydrogens (primary N) is 1. The zero-order chi connectivity index (χ0) is 13.4. The monoisotopic (exact) mass is 247 g/mol. The van der Waals surface area contributed by atoms with Crippen LogP contribution in [0.25, 0.3) is 0 Å². The van der Waals surface area contributed by atoms with Crippen molar-refractivity contribution in [2.24, 2.45) is 10.7 Å². The van der Waals surface area contributed by atoms with E-state index in [1.807, 2.05) is 0 Å². The molecule has 0 aliphatic rings. The highest BCUT2D eigenvalue weighted by molar-refractivity contribution is 5.92. The predicted molar refractivity (Wildman–Crippen MR) is 80.2 cm³/mol. The van der Waals surface area contributed by atoms with Crippen molar-refractivity contribution in [3.8, 4) is 0 Å². The van der Waals surface area contributed by atoms with E-state index < -0.39 is 0 Å². The van der Waals surface area contributed by atoms with Gasteiger partial charge in [0.2, 0.25) is 0 Å². The highest BCUT2D eigenvalue weighted by atomic mass is 15.1. The lowest BCUT2D eigenvalue weighted by Gasteiger charge is -2.08. The SMILES string of the molecule is CCCCCCN=C(N)Nc1cc(C)cc(C)c1. The molecule has 0 radical (unpaired) electrons. The fourth-order valence-electron chi connectivity index (χ4n) is 1.97. The third-order valence-corrected chi connectivity index (χ3v) is 2.79. The fourth-order valence-corrected chi connectivity index (χ4v) is 1.97. The Balaban J connectivity index is 2.43. The normalized spacial score (nSPS) is 11.6. The van der Waals surface area contributed by atoms with E-state index >= 15 is 0 Å². The Morgan fingerprint density at radius 1 is 1.11 bits per heavy atom. The van der Waals surface area contributed by atoms with E-state index in [0.717, 1.165) is 18.7 Å². The molecule has 1 aromatic rings. The van der Waals surface area contributed by atoms with Crippen molar-refractivity contribution >= 4 is 11.6 Å². The van der Waals surface area contributed by atoms with Crippen LogP contribution in [0.2, 0.25) is 0 Å². The van der Waals surface area contributed by atoms with Gasteiger partial charge < -0.3 is 11.1 Å². The molecule has 0 aliphatic heterocycles. The van der Waals surface area contributed by atoms with Gasteiger partial charge in [0.1, 0.15) is 0 Å². The fraction of sp³-hybridized carbons (Fsp3) is 0.533. The number of anilines is 1. The molecule has 0 spiro atoms. The number of hydrogen-bond acceptors (Lipinski definition) is 1. The van der Waals surface area contributed by atoms with E-state index in [1.165, 1.54) is 30.4 Å². The lowest BCUT2D eigenvalue weighted by molar-refractivity contribution is 0.675. The maximum atomic E-state index is 5.86. The molecule has 0 heterocycles. The number of guanidine groups is 1. The average molecular weight is 247 g/mol. The molecule has 18 heavy (non-hydrogen) atoms. The van der Waals surface area contributed by atoms with Crippen molar-refractivity contribution < 1.29 is 0 Å². The predicted octanol–water partition coefficient (Wildman–Crippen LogP) is 3.61. The summed E-state index contributed by atoms with van der Waals surface area (Å²) in [4.78, 5) is 4.33. The van der Waals surface area contributed by atoms with Gasteiger partial charge in [-0.05, 0) is 43.5 Å². The standard InChI is InChI=1S/C15H25N3/c1-4-5-6-7-8-17-15(16)18-14-10-12(2)9-13(3)11-14/h9-11H,4-8H2,1-3H3,(H3,16,17,18). The second-order valence-corrected chi connectivity index (χ2v) is 4.83. The molecular weight excluding hydrogens is 222 g/mol. The number of hydrogen-bond donors (Lipinski definition) is 2. The summed E-state index contributed by atoms with van der Waals surface area (Å²) < 4.78 is 0. The molecule has 0 saturated heterocycles. The summed E-state index contributed by atoms with van der Waals surface area (Å²) in [7, 11) is 0. The first-order chi connectivity index (χ1) is 8.61. The van der Waals surface area contributed by atoms with Crippen LogP contribution in [0, 0.1) is 13.8 Å².